The van der Waals surface area contributed by atoms with E-state index in [4.69, 9.17) is 9.73 Å². The summed E-state index contributed by atoms with van der Waals surface area (Å²) in [6.45, 7) is 4.49. The third-order valence-electron chi connectivity index (χ3n) is 10.8. The Bertz CT molecular complexity index is 884. The second-order valence-electron chi connectivity index (χ2n) is 12.0. The number of fused-ring (bicyclic) bond motifs is 5. The minimum absolute atomic E-state index is 0.0195. The highest BCUT2D eigenvalue weighted by molar-refractivity contribution is 5.85. The SMILES string of the molecule is CCC(CO)N=C[C@]12CCC(O)CC1(O)CCC1[C@@H]2CC[C@]2(C)C(C3=CC(=O)OC3)CCC12O. The van der Waals surface area contributed by atoms with Crippen molar-refractivity contribution >= 4 is 12.2 Å². The van der Waals surface area contributed by atoms with Crippen molar-refractivity contribution in [3.63, 3.8) is 0 Å². The summed E-state index contributed by atoms with van der Waals surface area (Å²) < 4.78 is 5.22. The Morgan fingerprint density at radius 2 is 1.91 bits per heavy atom. The van der Waals surface area contributed by atoms with Gasteiger partial charge in [0, 0.05) is 29.5 Å². The predicted octanol–water partition coefficient (Wildman–Crippen LogP) is 2.54. The molecule has 0 aromatic heterocycles. The van der Waals surface area contributed by atoms with E-state index in [0.717, 1.165) is 31.3 Å². The van der Waals surface area contributed by atoms with E-state index in [-0.39, 0.29) is 41.8 Å². The van der Waals surface area contributed by atoms with Crippen molar-refractivity contribution in [2.75, 3.05) is 13.2 Å². The van der Waals surface area contributed by atoms with Gasteiger partial charge in [0.05, 0.1) is 30.0 Å². The molecular weight excluding hydrogens is 434 g/mol. The monoisotopic (exact) mass is 475 g/mol. The minimum Gasteiger partial charge on any atom is -0.458 e. The Morgan fingerprint density at radius 1 is 1.15 bits per heavy atom. The van der Waals surface area contributed by atoms with Crippen LogP contribution in [0.3, 0.4) is 0 Å². The van der Waals surface area contributed by atoms with Crippen molar-refractivity contribution in [3.8, 4) is 0 Å². The zero-order valence-corrected chi connectivity index (χ0v) is 20.6. The molecule has 1 heterocycles. The van der Waals surface area contributed by atoms with Gasteiger partial charge in [-0.3, -0.25) is 4.99 Å². The van der Waals surface area contributed by atoms with E-state index >= 15 is 0 Å². The number of nitrogens with zero attached hydrogens (tertiary/aromatic N) is 1. The lowest BCUT2D eigenvalue weighted by atomic mass is 9.41. The molecule has 190 valence electrons. The predicted molar refractivity (Wildman–Crippen MR) is 127 cm³/mol. The van der Waals surface area contributed by atoms with Crippen LogP contribution in [0.1, 0.15) is 78.1 Å². The lowest BCUT2D eigenvalue weighted by Gasteiger charge is -2.65. The van der Waals surface area contributed by atoms with Gasteiger partial charge in [-0.15, -0.1) is 0 Å². The molecule has 4 aliphatic carbocycles. The van der Waals surface area contributed by atoms with Crippen LogP contribution in [0.15, 0.2) is 16.6 Å². The van der Waals surface area contributed by atoms with Crippen molar-refractivity contribution in [1.82, 2.24) is 0 Å². The van der Waals surface area contributed by atoms with Crippen molar-refractivity contribution < 1.29 is 30.0 Å². The highest BCUT2D eigenvalue weighted by atomic mass is 16.5. The van der Waals surface area contributed by atoms with Crippen LogP contribution in [0.2, 0.25) is 0 Å². The van der Waals surface area contributed by atoms with E-state index in [2.05, 4.69) is 6.92 Å². The van der Waals surface area contributed by atoms with Crippen molar-refractivity contribution in [3.05, 3.63) is 11.6 Å². The molecule has 4 N–H and O–H groups in total. The second kappa shape index (κ2) is 8.39. The molecule has 4 fully saturated rings. The van der Waals surface area contributed by atoms with Gasteiger partial charge in [-0.05, 0) is 81.1 Å². The van der Waals surface area contributed by atoms with Gasteiger partial charge < -0.3 is 25.2 Å². The van der Waals surface area contributed by atoms with Gasteiger partial charge in [0.25, 0.3) is 0 Å². The lowest BCUT2D eigenvalue weighted by Crippen LogP contribution is -2.68. The summed E-state index contributed by atoms with van der Waals surface area (Å²) in [5, 5.41) is 44.6. The van der Waals surface area contributed by atoms with Crippen molar-refractivity contribution in [2.45, 2.75) is 101 Å². The molecular formula is C27H41NO6. The molecule has 0 radical (unpaired) electrons. The molecule has 5 rings (SSSR count). The third kappa shape index (κ3) is 3.30. The maximum atomic E-state index is 12.4. The van der Waals surface area contributed by atoms with E-state index in [1.54, 1.807) is 6.08 Å². The van der Waals surface area contributed by atoms with Gasteiger partial charge in [0.2, 0.25) is 0 Å². The number of hydrogen-bond acceptors (Lipinski definition) is 7. The zero-order valence-electron chi connectivity index (χ0n) is 20.6. The lowest BCUT2D eigenvalue weighted by molar-refractivity contribution is -0.237. The molecule has 5 aliphatic rings. The first-order valence-corrected chi connectivity index (χ1v) is 13.3. The fourth-order valence-electron chi connectivity index (χ4n) is 8.88. The maximum absolute atomic E-state index is 12.4. The highest BCUT2D eigenvalue weighted by Crippen LogP contribution is 2.70. The number of aliphatic hydroxyl groups excluding tert-OH is 2. The summed E-state index contributed by atoms with van der Waals surface area (Å²) in [7, 11) is 0. The number of aliphatic imine (C=N–C) groups is 1. The minimum atomic E-state index is -1.06. The molecule has 0 saturated heterocycles. The molecule has 9 atom stereocenters. The van der Waals surface area contributed by atoms with Crippen LogP contribution >= 0.6 is 0 Å². The van der Waals surface area contributed by atoms with E-state index in [1.165, 1.54) is 0 Å². The van der Waals surface area contributed by atoms with E-state index in [9.17, 15) is 25.2 Å². The van der Waals surface area contributed by atoms with Gasteiger partial charge in [-0.2, -0.15) is 0 Å². The van der Waals surface area contributed by atoms with Crippen LogP contribution in [0.25, 0.3) is 0 Å². The highest BCUT2D eigenvalue weighted by Gasteiger charge is 2.71. The van der Waals surface area contributed by atoms with Crippen molar-refractivity contribution in [2.24, 2.45) is 33.6 Å². The number of rotatable bonds is 5. The maximum Gasteiger partial charge on any atom is 0.331 e. The molecule has 0 aromatic carbocycles. The standard InChI is InChI=1S/C27H41NO6/c1-3-18(14-29)28-16-25-9-4-19(30)13-26(25,32)10-6-22-21(25)5-8-24(2)20(7-11-27(22,24)33)17-12-23(31)34-15-17/h12,16,18-22,29-30,32-33H,3-11,13-15H2,1-2H3/t18?,19?,20?,21-,22?,24+,25-,26?,27?/m0/s1. The Balaban J connectivity index is 1.53. The molecule has 4 saturated carbocycles. The summed E-state index contributed by atoms with van der Waals surface area (Å²) in [6, 6.07) is -0.203. The van der Waals surface area contributed by atoms with Crippen LogP contribution in [0.5, 0.6) is 0 Å². The summed E-state index contributed by atoms with van der Waals surface area (Å²) in [4.78, 5) is 16.5. The normalized spacial score (nSPS) is 49.2. The Morgan fingerprint density at radius 3 is 2.59 bits per heavy atom. The molecule has 0 bridgehead atoms. The molecule has 1 aliphatic heterocycles. The molecule has 7 nitrogen and oxygen atoms in total. The first kappa shape index (κ1) is 24.4. The average Bonchev–Trinajstić information content (AvgIpc) is 3.34. The number of esters is 1. The van der Waals surface area contributed by atoms with Crippen LogP contribution in [-0.2, 0) is 9.53 Å². The number of carbonyl (C=O) groups excluding carboxylic acids is 1. The summed E-state index contributed by atoms with van der Waals surface area (Å²) >= 11 is 0. The summed E-state index contributed by atoms with van der Waals surface area (Å²) in [5.74, 6) is -0.0740. The molecule has 0 amide bonds. The van der Waals surface area contributed by atoms with Crippen LogP contribution in [0.4, 0.5) is 0 Å². The van der Waals surface area contributed by atoms with Crippen LogP contribution in [0, 0.1) is 28.6 Å². The van der Waals surface area contributed by atoms with Gasteiger partial charge in [-0.25, -0.2) is 4.79 Å². The number of carbonyl (C=O) groups is 1. The summed E-state index contributed by atoms with van der Waals surface area (Å²) in [5.41, 5.74) is -1.88. The molecule has 0 spiro atoms. The molecule has 6 unspecified atom stereocenters. The quantitative estimate of drug-likeness (QED) is 0.358. The summed E-state index contributed by atoms with van der Waals surface area (Å²) in [6.07, 6.45) is 9.79. The topological polar surface area (TPSA) is 120 Å². The number of cyclic esters (lactones) is 1. The first-order chi connectivity index (χ1) is 16.1. The Hall–Kier alpha value is -1.28. The van der Waals surface area contributed by atoms with Crippen molar-refractivity contribution in [1.29, 1.82) is 0 Å². The van der Waals surface area contributed by atoms with Gasteiger partial charge >= 0.3 is 5.97 Å². The van der Waals surface area contributed by atoms with Crippen LogP contribution in [-0.4, -0.2) is 69.2 Å². The van der Waals surface area contributed by atoms with Gasteiger partial charge in [0.15, 0.2) is 0 Å². The Labute approximate surface area is 202 Å². The zero-order chi connectivity index (χ0) is 24.4. The molecule has 0 aromatic rings. The van der Waals surface area contributed by atoms with Gasteiger partial charge in [0.1, 0.15) is 6.61 Å². The number of aliphatic hydroxyl groups is 4. The number of ether oxygens (including phenoxy) is 1. The molecule has 7 heteroatoms. The average molecular weight is 476 g/mol. The van der Waals surface area contributed by atoms with Gasteiger partial charge in [-0.1, -0.05) is 13.8 Å². The number of hydrogen-bond donors (Lipinski definition) is 4. The third-order valence-corrected chi connectivity index (χ3v) is 10.8. The van der Waals surface area contributed by atoms with E-state index < -0.39 is 22.7 Å². The first-order valence-electron chi connectivity index (χ1n) is 13.3. The Kier molecular flexibility index (Phi) is 6.03. The molecule has 34 heavy (non-hydrogen) atoms. The van der Waals surface area contributed by atoms with Crippen LogP contribution < -0.4 is 0 Å². The second-order valence-corrected chi connectivity index (χ2v) is 12.0. The smallest absolute Gasteiger partial charge is 0.331 e. The largest absolute Gasteiger partial charge is 0.458 e. The van der Waals surface area contributed by atoms with E-state index in [0.29, 0.717) is 45.1 Å². The fraction of sp³-hybridized carbons (Fsp3) is 0.852. The van der Waals surface area contributed by atoms with E-state index in [1.807, 2.05) is 13.1 Å². The fourth-order valence-corrected chi connectivity index (χ4v) is 8.88.